The van der Waals surface area contributed by atoms with Gasteiger partial charge in [-0.2, -0.15) is 0 Å². The molecular weight excluding hydrogens is 195 g/mol. The molecule has 0 fully saturated rings. The van der Waals surface area contributed by atoms with Gasteiger partial charge in [0.05, 0.1) is 17.2 Å². The number of aryl methyl sites for hydroxylation is 2. The van der Waals surface area contributed by atoms with Crippen LogP contribution in [-0.2, 0) is 13.0 Å². The predicted octanol–water partition coefficient (Wildman–Crippen LogP) is 1.48. The fourth-order valence-corrected chi connectivity index (χ4v) is 2.18. The molecule has 0 unspecified atom stereocenters. The van der Waals surface area contributed by atoms with E-state index >= 15 is 0 Å². The maximum atomic E-state index is 13.5. The molecule has 1 aliphatic heterocycles. The van der Waals surface area contributed by atoms with Gasteiger partial charge < -0.3 is 4.57 Å². The molecule has 1 aliphatic rings. The van der Waals surface area contributed by atoms with Gasteiger partial charge in [-0.15, -0.1) is 0 Å². The van der Waals surface area contributed by atoms with Crippen LogP contribution < -0.4 is 5.56 Å². The second-order valence-electron chi connectivity index (χ2n) is 3.75. The Morgan fingerprint density at radius 3 is 3.13 bits per heavy atom. The van der Waals surface area contributed by atoms with E-state index in [9.17, 15) is 9.18 Å². The Morgan fingerprint density at radius 2 is 2.27 bits per heavy atom. The standard InChI is InChI=1S/C11H9FN2O/c12-8-3-4-9-11-7(8)2-1-5-14(11)10(15)6-13-9/h3-4,6H,1-2,5H2. The molecule has 76 valence electrons. The zero-order valence-corrected chi connectivity index (χ0v) is 8.03. The van der Waals surface area contributed by atoms with Crippen LogP contribution in [0.3, 0.4) is 0 Å². The van der Waals surface area contributed by atoms with Crippen LogP contribution in [0.25, 0.3) is 11.0 Å². The van der Waals surface area contributed by atoms with Gasteiger partial charge in [-0.05, 0) is 25.0 Å². The van der Waals surface area contributed by atoms with Crippen LogP contribution >= 0.6 is 0 Å². The second-order valence-corrected chi connectivity index (χ2v) is 3.75. The minimum absolute atomic E-state index is 0.144. The molecule has 0 spiro atoms. The molecule has 2 aromatic rings. The SMILES string of the molecule is O=c1cnc2ccc(F)c3c2n1CCC3. The van der Waals surface area contributed by atoms with Crippen molar-refractivity contribution in [3.05, 3.63) is 40.1 Å². The largest absolute Gasteiger partial charge is 0.305 e. The first-order valence-corrected chi connectivity index (χ1v) is 4.94. The fraction of sp³-hybridized carbons (Fsp3) is 0.273. The van der Waals surface area contributed by atoms with Crippen molar-refractivity contribution in [2.45, 2.75) is 19.4 Å². The van der Waals surface area contributed by atoms with E-state index in [0.717, 1.165) is 6.42 Å². The summed E-state index contributed by atoms with van der Waals surface area (Å²) in [6.45, 7) is 0.661. The van der Waals surface area contributed by atoms with Crippen LogP contribution in [0.1, 0.15) is 12.0 Å². The molecule has 0 atom stereocenters. The van der Waals surface area contributed by atoms with E-state index in [0.29, 0.717) is 29.6 Å². The minimum atomic E-state index is -0.233. The lowest BCUT2D eigenvalue weighted by atomic mass is 10.0. The van der Waals surface area contributed by atoms with Crippen molar-refractivity contribution in [1.82, 2.24) is 9.55 Å². The van der Waals surface area contributed by atoms with Crippen LogP contribution in [-0.4, -0.2) is 9.55 Å². The van der Waals surface area contributed by atoms with Crippen molar-refractivity contribution in [2.24, 2.45) is 0 Å². The first kappa shape index (κ1) is 8.59. The van der Waals surface area contributed by atoms with E-state index in [1.54, 1.807) is 10.6 Å². The quantitative estimate of drug-likeness (QED) is 0.651. The van der Waals surface area contributed by atoms with Gasteiger partial charge in [0, 0.05) is 12.1 Å². The van der Waals surface area contributed by atoms with Gasteiger partial charge in [-0.25, -0.2) is 9.37 Å². The maximum absolute atomic E-state index is 13.5. The Kier molecular flexibility index (Phi) is 1.65. The van der Waals surface area contributed by atoms with Crippen LogP contribution in [0.15, 0.2) is 23.1 Å². The molecule has 4 heteroatoms. The monoisotopic (exact) mass is 204 g/mol. The zero-order chi connectivity index (χ0) is 10.4. The Labute approximate surface area is 85.2 Å². The summed E-state index contributed by atoms with van der Waals surface area (Å²) in [7, 11) is 0. The van der Waals surface area contributed by atoms with Crippen LogP contribution in [0, 0.1) is 5.82 Å². The topological polar surface area (TPSA) is 34.9 Å². The highest BCUT2D eigenvalue weighted by atomic mass is 19.1. The number of hydrogen-bond donors (Lipinski definition) is 0. The van der Waals surface area contributed by atoms with Gasteiger partial charge in [0.25, 0.3) is 5.56 Å². The summed E-state index contributed by atoms with van der Waals surface area (Å²) in [5, 5.41) is 0. The molecule has 2 heterocycles. The lowest BCUT2D eigenvalue weighted by Gasteiger charge is -2.18. The average Bonchev–Trinajstić information content (AvgIpc) is 2.27. The smallest absolute Gasteiger partial charge is 0.269 e. The van der Waals surface area contributed by atoms with Crippen molar-refractivity contribution in [3.8, 4) is 0 Å². The Balaban J connectivity index is 2.57. The molecule has 1 aromatic heterocycles. The van der Waals surface area contributed by atoms with Gasteiger partial charge in [0.15, 0.2) is 0 Å². The highest BCUT2D eigenvalue weighted by Gasteiger charge is 2.17. The first-order valence-electron chi connectivity index (χ1n) is 4.94. The summed E-state index contributed by atoms with van der Waals surface area (Å²) in [4.78, 5) is 15.6. The molecule has 0 saturated carbocycles. The third-order valence-electron chi connectivity index (χ3n) is 2.86. The van der Waals surface area contributed by atoms with Gasteiger partial charge in [-0.1, -0.05) is 0 Å². The summed E-state index contributed by atoms with van der Waals surface area (Å²) < 4.78 is 15.1. The third kappa shape index (κ3) is 1.11. The lowest BCUT2D eigenvalue weighted by Crippen LogP contribution is -2.25. The van der Waals surface area contributed by atoms with Crippen LogP contribution in [0.4, 0.5) is 4.39 Å². The summed E-state index contributed by atoms with van der Waals surface area (Å²) in [5.74, 6) is -0.233. The molecule has 0 saturated heterocycles. The van der Waals surface area contributed by atoms with E-state index in [-0.39, 0.29) is 11.4 Å². The van der Waals surface area contributed by atoms with Gasteiger partial charge in [0.1, 0.15) is 5.82 Å². The summed E-state index contributed by atoms with van der Waals surface area (Å²) in [6, 6.07) is 3.04. The fourth-order valence-electron chi connectivity index (χ4n) is 2.18. The average molecular weight is 204 g/mol. The van der Waals surface area contributed by atoms with Crippen LogP contribution in [0.5, 0.6) is 0 Å². The number of benzene rings is 1. The van der Waals surface area contributed by atoms with Crippen molar-refractivity contribution >= 4 is 11.0 Å². The van der Waals surface area contributed by atoms with E-state index < -0.39 is 0 Å². The normalized spacial score (nSPS) is 14.5. The molecule has 0 amide bonds. The van der Waals surface area contributed by atoms with Crippen molar-refractivity contribution in [1.29, 1.82) is 0 Å². The number of aromatic nitrogens is 2. The number of rotatable bonds is 0. The molecular formula is C11H9FN2O. The molecule has 0 N–H and O–H groups in total. The number of hydrogen-bond acceptors (Lipinski definition) is 2. The highest BCUT2D eigenvalue weighted by Crippen LogP contribution is 2.24. The van der Waals surface area contributed by atoms with E-state index in [1.807, 2.05) is 0 Å². The van der Waals surface area contributed by atoms with Crippen molar-refractivity contribution in [2.75, 3.05) is 0 Å². The van der Waals surface area contributed by atoms with E-state index in [1.165, 1.54) is 12.3 Å². The van der Waals surface area contributed by atoms with Crippen molar-refractivity contribution in [3.63, 3.8) is 0 Å². The third-order valence-corrected chi connectivity index (χ3v) is 2.86. The van der Waals surface area contributed by atoms with Gasteiger partial charge >= 0.3 is 0 Å². The number of nitrogens with zero attached hydrogens (tertiary/aromatic N) is 2. The molecule has 15 heavy (non-hydrogen) atoms. The minimum Gasteiger partial charge on any atom is -0.305 e. The lowest BCUT2D eigenvalue weighted by molar-refractivity contribution is 0.564. The predicted molar refractivity (Wildman–Crippen MR) is 54.3 cm³/mol. The zero-order valence-electron chi connectivity index (χ0n) is 8.03. The molecule has 0 radical (unpaired) electrons. The first-order chi connectivity index (χ1) is 7.27. The Morgan fingerprint density at radius 1 is 1.40 bits per heavy atom. The van der Waals surface area contributed by atoms with Gasteiger partial charge in [0.2, 0.25) is 0 Å². The summed E-state index contributed by atoms with van der Waals surface area (Å²) in [6.07, 6.45) is 2.80. The highest BCUT2D eigenvalue weighted by molar-refractivity contribution is 5.79. The molecule has 3 nitrogen and oxygen atoms in total. The van der Waals surface area contributed by atoms with Crippen LogP contribution in [0.2, 0.25) is 0 Å². The van der Waals surface area contributed by atoms with Gasteiger partial charge in [-0.3, -0.25) is 4.79 Å². The second kappa shape index (κ2) is 2.89. The van der Waals surface area contributed by atoms with E-state index in [4.69, 9.17) is 0 Å². The summed E-state index contributed by atoms with van der Waals surface area (Å²) in [5.41, 5.74) is 1.86. The summed E-state index contributed by atoms with van der Waals surface area (Å²) >= 11 is 0. The molecule has 0 aliphatic carbocycles. The maximum Gasteiger partial charge on any atom is 0.269 e. The molecule has 1 aromatic carbocycles. The number of halogens is 1. The van der Waals surface area contributed by atoms with Crippen molar-refractivity contribution < 1.29 is 4.39 Å². The van der Waals surface area contributed by atoms with E-state index in [2.05, 4.69) is 4.98 Å². The molecule has 3 rings (SSSR count). The molecule has 0 bridgehead atoms. The Hall–Kier alpha value is -1.71. The Bertz CT molecular complexity index is 603.